The molecule has 8 heteroatoms. The van der Waals surface area contributed by atoms with Gasteiger partial charge in [0.25, 0.3) is 10.0 Å². The van der Waals surface area contributed by atoms with E-state index in [0.717, 1.165) is 23.3 Å². The molecule has 6 nitrogen and oxygen atoms in total. The van der Waals surface area contributed by atoms with E-state index in [4.69, 9.17) is 4.74 Å². The van der Waals surface area contributed by atoms with Crippen LogP contribution in [0.5, 0.6) is 5.75 Å². The Kier molecular flexibility index (Phi) is 5.33. The Morgan fingerprint density at radius 1 is 1.15 bits per heavy atom. The lowest BCUT2D eigenvalue weighted by Gasteiger charge is -2.10. The van der Waals surface area contributed by atoms with E-state index in [9.17, 15) is 13.2 Å². The fraction of sp³-hybridized carbons (Fsp3) is 0.278. The summed E-state index contributed by atoms with van der Waals surface area (Å²) in [6, 6.07) is 11.5. The number of hydrogen-bond donors (Lipinski definition) is 1. The van der Waals surface area contributed by atoms with Crippen molar-refractivity contribution in [2.45, 2.75) is 31.7 Å². The minimum absolute atomic E-state index is 0.0752. The fourth-order valence-corrected chi connectivity index (χ4v) is 4.79. The lowest BCUT2D eigenvalue weighted by molar-refractivity contribution is 0.340. The van der Waals surface area contributed by atoms with Crippen molar-refractivity contribution in [3.63, 3.8) is 0 Å². The van der Waals surface area contributed by atoms with E-state index in [-0.39, 0.29) is 9.77 Å². The Balaban J connectivity index is 1.94. The van der Waals surface area contributed by atoms with Gasteiger partial charge in [0.05, 0.1) is 27.4 Å². The molecule has 138 valence electrons. The van der Waals surface area contributed by atoms with Crippen molar-refractivity contribution in [3.8, 4) is 5.75 Å². The molecule has 0 saturated heterocycles. The number of sulfonamides is 1. The standard InChI is InChI=1S/C18H20N2O4S2/c1-3-10-20-16-9-8-15(12-17(16)25-18(20)21)26(22,23)19-13-6-5-7-14(11-13)24-4-2/h5-9,11-12,19H,3-4,10H2,1-2H3. The van der Waals surface area contributed by atoms with Crippen molar-refractivity contribution in [3.05, 3.63) is 52.1 Å². The molecule has 0 radical (unpaired) electrons. The van der Waals surface area contributed by atoms with Crippen LogP contribution in [0.1, 0.15) is 20.3 Å². The molecule has 3 aromatic rings. The van der Waals surface area contributed by atoms with E-state index >= 15 is 0 Å². The number of benzene rings is 2. The van der Waals surface area contributed by atoms with E-state index in [0.29, 0.717) is 29.3 Å². The van der Waals surface area contributed by atoms with Crippen LogP contribution in [0.4, 0.5) is 5.69 Å². The Bertz CT molecular complexity index is 1080. The largest absolute Gasteiger partial charge is 0.494 e. The van der Waals surface area contributed by atoms with Crippen LogP contribution in [0.25, 0.3) is 10.2 Å². The molecular formula is C18H20N2O4S2. The first kappa shape index (κ1) is 18.5. The van der Waals surface area contributed by atoms with Crippen LogP contribution in [0.3, 0.4) is 0 Å². The van der Waals surface area contributed by atoms with Crippen molar-refractivity contribution in [2.75, 3.05) is 11.3 Å². The molecule has 0 aliphatic rings. The van der Waals surface area contributed by atoms with Crippen molar-refractivity contribution < 1.29 is 13.2 Å². The summed E-state index contributed by atoms with van der Waals surface area (Å²) < 4.78 is 35.7. The van der Waals surface area contributed by atoms with Gasteiger partial charge in [-0.1, -0.05) is 24.3 Å². The number of aromatic nitrogens is 1. The molecule has 0 bridgehead atoms. The number of aryl methyl sites for hydroxylation is 1. The highest BCUT2D eigenvalue weighted by atomic mass is 32.2. The summed E-state index contributed by atoms with van der Waals surface area (Å²) in [5.74, 6) is 0.595. The van der Waals surface area contributed by atoms with Gasteiger partial charge < -0.3 is 4.74 Å². The van der Waals surface area contributed by atoms with Gasteiger partial charge in [0, 0.05) is 12.6 Å². The van der Waals surface area contributed by atoms with Gasteiger partial charge in [0.1, 0.15) is 5.75 Å². The maximum absolute atomic E-state index is 12.7. The molecule has 3 rings (SSSR count). The zero-order valence-corrected chi connectivity index (χ0v) is 16.2. The van der Waals surface area contributed by atoms with Gasteiger partial charge in [0.2, 0.25) is 0 Å². The van der Waals surface area contributed by atoms with Gasteiger partial charge in [-0.3, -0.25) is 14.1 Å². The summed E-state index contributed by atoms with van der Waals surface area (Å²) in [5.41, 5.74) is 1.19. The predicted molar refractivity (Wildman–Crippen MR) is 105 cm³/mol. The lowest BCUT2D eigenvalue weighted by atomic mass is 10.3. The van der Waals surface area contributed by atoms with Gasteiger partial charge >= 0.3 is 4.87 Å². The first-order valence-electron chi connectivity index (χ1n) is 8.33. The molecule has 1 heterocycles. The Morgan fingerprint density at radius 2 is 1.96 bits per heavy atom. The first-order valence-corrected chi connectivity index (χ1v) is 10.6. The quantitative estimate of drug-likeness (QED) is 0.665. The van der Waals surface area contributed by atoms with Crippen LogP contribution in [-0.2, 0) is 16.6 Å². The summed E-state index contributed by atoms with van der Waals surface area (Å²) in [6.45, 7) is 4.98. The number of ether oxygens (including phenoxy) is 1. The van der Waals surface area contributed by atoms with Crippen LogP contribution < -0.4 is 14.3 Å². The summed E-state index contributed by atoms with van der Waals surface area (Å²) in [6.07, 6.45) is 0.837. The number of anilines is 1. The van der Waals surface area contributed by atoms with Crippen LogP contribution in [-0.4, -0.2) is 19.6 Å². The summed E-state index contributed by atoms with van der Waals surface area (Å²) in [4.78, 5) is 12.1. The highest BCUT2D eigenvalue weighted by Gasteiger charge is 2.17. The Hall–Kier alpha value is -2.32. The molecule has 0 amide bonds. The molecule has 0 spiro atoms. The second-order valence-electron chi connectivity index (χ2n) is 5.72. The normalized spacial score (nSPS) is 11.6. The molecule has 0 unspecified atom stereocenters. The number of rotatable bonds is 7. The number of hydrogen-bond acceptors (Lipinski definition) is 5. The second kappa shape index (κ2) is 7.51. The lowest BCUT2D eigenvalue weighted by Crippen LogP contribution is -2.13. The Labute approximate surface area is 156 Å². The Morgan fingerprint density at radius 3 is 2.69 bits per heavy atom. The predicted octanol–water partition coefficient (Wildman–Crippen LogP) is 3.67. The average molecular weight is 393 g/mol. The van der Waals surface area contributed by atoms with E-state index in [1.165, 1.54) is 6.07 Å². The van der Waals surface area contributed by atoms with Crippen LogP contribution in [0, 0.1) is 0 Å². The van der Waals surface area contributed by atoms with Gasteiger partial charge in [-0.2, -0.15) is 0 Å². The maximum atomic E-state index is 12.7. The van der Waals surface area contributed by atoms with E-state index in [1.54, 1.807) is 41.0 Å². The molecular weight excluding hydrogens is 372 g/mol. The molecule has 0 aliphatic heterocycles. The van der Waals surface area contributed by atoms with Crippen LogP contribution in [0.15, 0.2) is 52.2 Å². The molecule has 1 aromatic heterocycles. The highest BCUT2D eigenvalue weighted by Crippen LogP contribution is 2.25. The monoisotopic (exact) mass is 392 g/mol. The molecule has 0 atom stereocenters. The van der Waals surface area contributed by atoms with Crippen molar-refractivity contribution >= 4 is 37.3 Å². The topological polar surface area (TPSA) is 77.4 Å². The van der Waals surface area contributed by atoms with Crippen molar-refractivity contribution in [1.82, 2.24) is 4.57 Å². The van der Waals surface area contributed by atoms with Gasteiger partial charge in [-0.25, -0.2) is 8.42 Å². The summed E-state index contributed by atoms with van der Waals surface area (Å²) in [7, 11) is -3.76. The molecule has 0 fully saturated rings. The zero-order valence-electron chi connectivity index (χ0n) is 14.6. The first-order chi connectivity index (χ1) is 12.4. The molecule has 1 N–H and O–H groups in total. The highest BCUT2D eigenvalue weighted by molar-refractivity contribution is 7.92. The molecule has 0 aliphatic carbocycles. The molecule has 0 saturated carbocycles. The minimum atomic E-state index is -3.76. The second-order valence-corrected chi connectivity index (χ2v) is 8.39. The number of nitrogens with zero attached hydrogens (tertiary/aromatic N) is 1. The maximum Gasteiger partial charge on any atom is 0.308 e. The van der Waals surface area contributed by atoms with Crippen molar-refractivity contribution in [2.24, 2.45) is 0 Å². The third-order valence-corrected chi connectivity index (χ3v) is 6.12. The van der Waals surface area contributed by atoms with E-state index in [2.05, 4.69) is 4.72 Å². The number of nitrogens with one attached hydrogen (secondary N) is 1. The van der Waals surface area contributed by atoms with Gasteiger partial charge in [-0.15, -0.1) is 0 Å². The smallest absolute Gasteiger partial charge is 0.308 e. The molecule has 26 heavy (non-hydrogen) atoms. The average Bonchev–Trinajstić information content (AvgIpc) is 2.90. The third kappa shape index (κ3) is 3.76. The fourth-order valence-electron chi connectivity index (χ4n) is 2.68. The van der Waals surface area contributed by atoms with Gasteiger partial charge in [0.15, 0.2) is 0 Å². The number of fused-ring (bicyclic) bond motifs is 1. The van der Waals surface area contributed by atoms with Crippen LogP contribution >= 0.6 is 11.3 Å². The zero-order chi connectivity index (χ0) is 18.7. The van der Waals surface area contributed by atoms with Crippen molar-refractivity contribution in [1.29, 1.82) is 0 Å². The molecule has 2 aromatic carbocycles. The minimum Gasteiger partial charge on any atom is -0.494 e. The SMILES string of the molecule is CCCn1c(=O)sc2cc(S(=O)(=O)Nc3cccc(OCC)c3)ccc21. The van der Waals surface area contributed by atoms with Gasteiger partial charge in [-0.05, 0) is 43.7 Å². The summed E-state index contributed by atoms with van der Waals surface area (Å²) in [5, 5.41) is 0. The van der Waals surface area contributed by atoms with E-state index in [1.807, 2.05) is 13.8 Å². The third-order valence-electron chi connectivity index (χ3n) is 3.79. The van der Waals surface area contributed by atoms with E-state index < -0.39 is 10.0 Å². The number of thiazole rings is 1. The van der Waals surface area contributed by atoms with Crippen LogP contribution in [0.2, 0.25) is 0 Å². The summed E-state index contributed by atoms with van der Waals surface area (Å²) >= 11 is 1.06.